The molecule has 0 amide bonds. The molecule has 1 saturated heterocycles. The molecule has 1 fully saturated rings. The van der Waals surface area contributed by atoms with E-state index in [1.165, 1.54) is 25.7 Å². The zero-order valence-electron chi connectivity index (χ0n) is 8.77. The molecule has 2 heteroatoms. The van der Waals surface area contributed by atoms with E-state index in [4.69, 9.17) is 4.74 Å². The van der Waals surface area contributed by atoms with Gasteiger partial charge in [-0.25, -0.2) is 0 Å². The molecule has 0 unspecified atom stereocenters. The summed E-state index contributed by atoms with van der Waals surface area (Å²) in [6.07, 6.45) is 7.59. The molecule has 0 saturated carbocycles. The van der Waals surface area contributed by atoms with Gasteiger partial charge in [0.15, 0.2) is 0 Å². The molecule has 1 aliphatic heterocycles. The average Bonchev–Trinajstić information content (AvgIpc) is 2.41. The van der Waals surface area contributed by atoms with Gasteiger partial charge in [-0.2, -0.15) is 0 Å². The Morgan fingerprint density at radius 3 is 2.69 bits per heavy atom. The van der Waals surface area contributed by atoms with E-state index < -0.39 is 0 Å². The monoisotopic (exact) mass is 184 g/mol. The lowest BCUT2D eigenvalue weighted by molar-refractivity contribution is -0.147. The van der Waals surface area contributed by atoms with Crippen molar-refractivity contribution in [3.05, 3.63) is 0 Å². The molecule has 2 nitrogen and oxygen atoms in total. The highest BCUT2D eigenvalue weighted by molar-refractivity contribution is 5.72. The van der Waals surface area contributed by atoms with Gasteiger partial charge in [-0.1, -0.05) is 26.2 Å². The summed E-state index contributed by atoms with van der Waals surface area (Å²) in [6.45, 7) is 4.27. The molecular formula is C11H20O2. The van der Waals surface area contributed by atoms with Crippen molar-refractivity contribution < 1.29 is 9.53 Å². The predicted molar refractivity (Wildman–Crippen MR) is 52.5 cm³/mol. The van der Waals surface area contributed by atoms with Crippen LogP contribution in [0.3, 0.4) is 0 Å². The molecule has 76 valence electrons. The van der Waals surface area contributed by atoms with Crippen LogP contribution in [0.4, 0.5) is 0 Å². The number of ether oxygens (including phenoxy) is 1. The van der Waals surface area contributed by atoms with Gasteiger partial charge >= 0.3 is 5.97 Å². The summed E-state index contributed by atoms with van der Waals surface area (Å²) in [7, 11) is 0. The Morgan fingerprint density at radius 1 is 1.38 bits per heavy atom. The van der Waals surface area contributed by atoms with Crippen LogP contribution in [0.1, 0.15) is 58.8 Å². The van der Waals surface area contributed by atoms with Crippen LogP contribution in [0.2, 0.25) is 0 Å². The van der Waals surface area contributed by atoms with E-state index in [1.807, 2.05) is 0 Å². The molecule has 0 aromatic carbocycles. The van der Waals surface area contributed by atoms with Gasteiger partial charge in [0.05, 0.1) is 0 Å². The highest BCUT2D eigenvalue weighted by Gasteiger charge is 2.34. The van der Waals surface area contributed by atoms with E-state index in [2.05, 4.69) is 13.8 Å². The largest absolute Gasteiger partial charge is 0.459 e. The number of cyclic esters (lactones) is 1. The van der Waals surface area contributed by atoms with Crippen molar-refractivity contribution in [3.8, 4) is 0 Å². The van der Waals surface area contributed by atoms with Gasteiger partial charge in [-0.05, 0) is 26.2 Å². The first-order valence-corrected chi connectivity index (χ1v) is 5.38. The topological polar surface area (TPSA) is 26.3 Å². The number of unbranched alkanes of at least 4 members (excludes halogenated alkanes) is 3. The summed E-state index contributed by atoms with van der Waals surface area (Å²) in [6, 6.07) is 0. The standard InChI is InChI=1S/C11H20O2/c1-3-4-5-6-8-11(2)9-7-10(12)13-11/h3-9H2,1-2H3/t11-/m0/s1. The molecule has 13 heavy (non-hydrogen) atoms. The molecule has 0 spiro atoms. The highest BCUT2D eigenvalue weighted by Crippen LogP contribution is 2.31. The normalized spacial score (nSPS) is 27.7. The van der Waals surface area contributed by atoms with Crippen LogP contribution in [-0.2, 0) is 9.53 Å². The maximum atomic E-state index is 10.9. The molecule has 1 heterocycles. The second-order valence-corrected chi connectivity index (χ2v) is 4.23. The minimum atomic E-state index is -0.134. The zero-order valence-corrected chi connectivity index (χ0v) is 8.77. The first-order chi connectivity index (χ1) is 6.16. The van der Waals surface area contributed by atoms with Crippen LogP contribution in [0.25, 0.3) is 0 Å². The van der Waals surface area contributed by atoms with Gasteiger partial charge in [0.1, 0.15) is 5.60 Å². The summed E-state index contributed by atoms with van der Waals surface area (Å²) in [4.78, 5) is 10.9. The van der Waals surface area contributed by atoms with Gasteiger partial charge < -0.3 is 4.74 Å². The Morgan fingerprint density at radius 2 is 2.15 bits per heavy atom. The Kier molecular flexibility index (Phi) is 3.76. The van der Waals surface area contributed by atoms with E-state index in [0.29, 0.717) is 6.42 Å². The number of carbonyl (C=O) groups is 1. The molecule has 0 bridgehead atoms. The van der Waals surface area contributed by atoms with Gasteiger partial charge in [-0.15, -0.1) is 0 Å². The maximum Gasteiger partial charge on any atom is 0.306 e. The fourth-order valence-electron chi connectivity index (χ4n) is 1.85. The lowest BCUT2D eigenvalue weighted by atomic mass is 9.95. The van der Waals surface area contributed by atoms with E-state index in [9.17, 15) is 4.79 Å². The molecule has 0 aromatic heterocycles. The van der Waals surface area contributed by atoms with Gasteiger partial charge in [0, 0.05) is 6.42 Å². The zero-order chi connectivity index (χ0) is 9.73. The summed E-state index contributed by atoms with van der Waals surface area (Å²) in [5.74, 6) is -0.0157. The number of carbonyl (C=O) groups excluding carboxylic acids is 1. The SMILES string of the molecule is CCCCCC[C@@]1(C)CCC(=O)O1. The number of hydrogen-bond donors (Lipinski definition) is 0. The predicted octanol–water partition coefficient (Wildman–Crippen LogP) is 3.05. The van der Waals surface area contributed by atoms with Crippen LogP contribution >= 0.6 is 0 Å². The van der Waals surface area contributed by atoms with Crippen molar-refractivity contribution in [2.24, 2.45) is 0 Å². The van der Waals surface area contributed by atoms with Crippen molar-refractivity contribution in [3.63, 3.8) is 0 Å². The lowest BCUT2D eigenvalue weighted by Gasteiger charge is -2.22. The quantitative estimate of drug-likeness (QED) is 0.485. The molecule has 0 aromatic rings. The Hall–Kier alpha value is -0.530. The highest BCUT2D eigenvalue weighted by atomic mass is 16.6. The Labute approximate surface area is 80.7 Å². The van der Waals surface area contributed by atoms with Crippen molar-refractivity contribution in [1.29, 1.82) is 0 Å². The first kappa shape index (κ1) is 10.6. The van der Waals surface area contributed by atoms with E-state index in [1.54, 1.807) is 0 Å². The lowest BCUT2D eigenvalue weighted by Crippen LogP contribution is -2.23. The van der Waals surface area contributed by atoms with E-state index >= 15 is 0 Å². The van der Waals surface area contributed by atoms with Crippen molar-refractivity contribution in [2.75, 3.05) is 0 Å². The fourth-order valence-corrected chi connectivity index (χ4v) is 1.85. The summed E-state index contributed by atoms with van der Waals surface area (Å²) >= 11 is 0. The van der Waals surface area contributed by atoms with Gasteiger partial charge in [0.2, 0.25) is 0 Å². The van der Waals surface area contributed by atoms with Crippen LogP contribution < -0.4 is 0 Å². The van der Waals surface area contributed by atoms with Crippen molar-refractivity contribution in [1.82, 2.24) is 0 Å². The van der Waals surface area contributed by atoms with E-state index in [-0.39, 0.29) is 11.6 Å². The summed E-state index contributed by atoms with van der Waals surface area (Å²) < 4.78 is 5.29. The fraction of sp³-hybridized carbons (Fsp3) is 0.909. The molecular weight excluding hydrogens is 164 g/mol. The average molecular weight is 184 g/mol. The number of esters is 1. The van der Waals surface area contributed by atoms with Crippen molar-refractivity contribution >= 4 is 5.97 Å². The Bertz CT molecular complexity index is 177. The molecule has 0 N–H and O–H groups in total. The van der Waals surface area contributed by atoms with Crippen LogP contribution in [0, 0.1) is 0 Å². The summed E-state index contributed by atoms with van der Waals surface area (Å²) in [5, 5.41) is 0. The summed E-state index contributed by atoms with van der Waals surface area (Å²) in [5.41, 5.74) is -0.134. The second-order valence-electron chi connectivity index (χ2n) is 4.23. The Balaban J connectivity index is 2.16. The van der Waals surface area contributed by atoms with Gasteiger partial charge in [0.25, 0.3) is 0 Å². The third-order valence-corrected chi connectivity index (χ3v) is 2.78. The minimum Gasteiger partial charge on any atom is -0.459 e. The maximum absolute atomic E-state index is 10.9. The van der Waals surface area contributed by atoms with Crippen LogP contribution in [-0.4, -0.2) is 11.6 Å². The van der Waals surface area contributed by atoms with Crippen LogP contribution in [0.5, 0.6) is 0 Å². The van der Waals surface area contributed by atoms with Crippen LogP contribution in [0.15, 0.2) is 0 Å². The third kappa shape index (κ3) is 3.37. The van der Waals surface area contributed by atoms with Gasteiger partial charge in [-0.3, -0.25) is 4.79 Å². The number of rotatable bonds is 5. The third-order valence-electron chi connectivity index (χ3n) is 2.78. The second kappa shape index (κ2) is 4.64. The molecule has 0 aliphatic carbocycles. The van der Waals surface area contributed by atoms with E-state index in [0.717, 1.165) is 12.8 Å². The minimum absolute atomic E-state index is 0.0157. The molecule has 1 atom stereocenters. The first-order valence-electron chi connectivity index (χ1n) is 5.38. The molecule has 1 aliphatic rings. The smallest absolute Gasteiger partial charge is 0.306 e. The molecule has 1 rings (SSSR count). The molecule has 0 radical (unpaired) electrons. The van der Waals surface area contributed by atoms with Crippen molar-refractivity contribution in [2.45, 2.75) is 64.4 Å². The number of hydrogen-bond acceptors (Lipinski definition) is 2.